The minimum absolute atomic E-state index is 0.217. The first kappa shape index (κ1) is 9.78. The first-order chi connectivity index (χ1) is 6.81. The van der Waals surface area contributed by atoms with Crippen molar-refractivity contribution in [3.8, 4) is 0 Å². The van der Waals surface area contributed by atoms with Crippen molar-refractivity contribution < 1.29 is 4.79 Å². The maximum Gasteiger partial charge on any atom is 0.163 e. The summed E-state index contributed by atoms with van der Waals surface area (Å²) in [6, 6.07) is 6.12. The Kier molecular flexibility index (Phi) is 2.92. The number of Topliss-reactive ketones (excluding diaryl/α,β-unsaturated/α-hetero) is 1. The Bertz CT molecular complexity index is 357. The van der Waals surface area contributed by atoms with Crippen LogP contribution in [0.4, 0.5) is 0 Å². The van der Waals surface area contributed by atoms with Gasteiger partial charge in [-0.25, -0.2) is 0 Å². The monoisotopic (exact) mass is 206 g/mol. The Labute approximate surface area is 89.9 Å². The quantitative estimate of drug-likeness (QED) is 0.594. The highest BCUT2D eigenvalue weighted by atomic mass is 32.1. The number of aryl methyl sites for hydroxylation is 2. The fourth-order valence-electron chi connectivity index (χ4n) is 1.99. The van der Waals surface area contributed by atoms with Crippen LogP contribution >= 0.6 is 12.6 Å². The van der Waals surface area contributed by atoms with E-state index >= 15 is 0 Å². The predicted molar refractivity (Wildman–Crippen MR) is 61.3 cm³/mol. The molecular weight excluding hydrogens is 192 g/mol. The molecule has 74 valence electrons. The van der Waals surface area contributed by atoms with Gasteiger partial charge in [0.2, 0.25) is 0 Å². The molecule has 0 heterocycles. The lowest BCUT2D eigenvalue weighted by molar-refractivity contribution is 0.0989. The smallest absolute Gasteiger partial charge is 0.163 e. The molecule has 0 unspecified atom stereocenters. The summed E-state index contributed by atoms with van der Waals surface area (Å²) in [5.74, 6) is 0.852. The second-order valence-electron chi connectivity index (χ2n) is 3.73. The van der Waals surface area contributed by atoms with Gasteiger partial charge in [0.15, 0.2) is 5.78 Å². The Morgan fingerprint density at radius 1 is 1.29 bits per heavy atom. The summed E-state index contributed by atoms with van der Waals surface area (Å²) in [5, 5.41) is 0. The van der Waals surface area contributed by atoms with Crippen molar-refractivity contribution in [2.45, 2.75) is 25.7 Å². The van der Waals surface area contributed by atoms with Gasteiger partial charge in [0.1, 0.15) is 0 Å². The molecule has 2 heteroatoms. The van der Waals surface area contributed by atoms with Gasteiger partial charge in [-0.15, -0.1) is 0 Å². The van der Waals surface area contributed by atoms with Gasteiger partial charge in [0.25, 0.3) is 0 Å². The molecule has 0 atom stereocenters. The van der Waals surface area contributed by atoms with Crippen molar-refractivity contribution in [2.24, 2.45) is 0 Å². The van der Waals surface area contributed by atoms with E-state index in [2.05, 4.69) is 24.8 Å². The highest BCUT2D eigenvalue weighted by Gasteiger charge is 2.13. The average Bonchev–Trinajstić information content (AvgIpc) is 2.64. The van der Waals surface area contributed by atoms with E-state index in [1.807, 2.05) is 6.07 Å². The van der Waals surface area contributed by atoms with Crippen LogP contribution in [0.1, 0.15) is 34.3 Å². The van der Waals surface area contributed by atoms with Crippen molar-refractivity contribution in [1.29, 1.82) is 0 Å². The lowest BCUT2D eigenvalue weighted by Gasteiger charge is -2.02. The van der Waals surface area contributed by atoms with E-state index in [4.69, 9.17) is 0 Å². The number of carbonyl (C=O) groups is 1. The molecule has 2 rings (SSSR count). The summed E-state index contributed by atoms with van der Waals surface area (Å²) in [6.07, 6.45) is 4.09. The van der Waals surface area contributed by atoms with Gasteiger partial charge in [-0.2, -0.15) is 12.6 Å². The van der Waals surface area contributed by atoms with Gasteiger partial charge in [-0.05, 0) is 42.2 Å². The van der Waals surface area contributed by atoms with Crippen molar-refractivity contribution in [3.05, 3.63) is 34.9 Å². The second kappa shape index (κ2) is 4.18. The summed E-state index contributed by atoms with van der Waals surface area (Å²) in [7, 11) is 0. The molecule has 0 N–H and O–H groups in total. The Morgan fingerprint density at radius 3 is 2.86 bits per heavy atom. The maximum atomic E-state index is 11.6. The zero-order valence-corrected chi connectivity index (χ0v) is 9.02. The Hall–Kier alpha value is -0.760. The molecule has 14 heavy (non-hydrogen) atoms. The number of fused-ring (bicyclic) bond motifs is 1. The summed E-state index contributed by atoms with van der Waals surface area (Å²) < 4.78 is 0. The third-order valence-electron chi connectivity index (χ3n) is 2.76. The molecule has 1 aliphatic carbocycles. The van der Waals surface area contributed by atoms with Gasteiger partial charge in [0.05, 0.1) is 0 Å². The minimum Gasteiger partial charge on any atom is -0.294 e. The topological polar surface area (TPSA) is 17.1 Å². The van der Waals surface area contributed by atoms with Crippen molar-refractivity contribution >= 4 is 18.4 Å². The Balaban J connectivity index is 2.24. The number of carbonyl (C=O) groups excluding carboxylic acids is 1. The fourth-order valence-corrected chi connectivity index (χ4v) is 2.19. The van der Waals surface area contributed by atoms with Crippen LogP contribution in [0.15, 0.2) is 18.2 Å². The van der Waals surface area contributed by atoms with Gasteiger partial charge >= 0.3 is 0 Å². The molecule has 0 saturated carbocycles. The third-order valence-corrected chi connectivity index (χ3v) is 2.98. The van der Waals surface area contributed by atoms with E-state index in [-0.39, 0.29) is 5.78 Å². The number of benzene rings is 1. The molecule has 0 saturated heterocycles. The summed E-state index contributed by atoms with van der Waals surface area (Å²) >= 11 is 4.07. The highest BCUT2D eigenvalue weighted by Crippen LogP contribution is 2.23. The second-order valence-corrected chi connectivity index (χ2v) is 4.18. The van der Waals surface area contributed by atoms with Crippen LogP contribution < -0.4 is 0 Å². The molecule has 0 radical (unpaired) electrons. The largest absolute Gasteiger partial charge is 0.294 e. The van der Waals surface area contributed by atoms with E-state index in [1.54, 1.807) is 0 Å². The molecule has 0 aliphatic heterocycles. The molecule has 0 bridgehead atoms. The SMILES string of the molecule is O=C(CCS)c1ccc2c(c1)CCC2. The first-order valence-electron chi connectivity index (χ1n) is 5.07. The zero-order chi connectivity index (χ0) is 9.97. The lowest BCUT2D eigenvalue weighted by atomic mass is 10.0. The number of ketones is 1. The minimum atomic E-state index is 0.217. The average molecular weight is 206 g/mol. The molecule has 1 aromatic rings. The Morgan fingerprint density at radius 2 is 2.07 bits per heavy atom. The number of thiol groups is 1. The molecule has 0 fully saturated rings. The normalized spacial score (nSPS) is 14.1. The van der Waals surface area contributed by atoms with E-state index in [0.29, 0.717) is 12.2 Å². The van der Waals surface area contributed by atoms with E-state index in [9.17, 15) is 4.79 Å². The van der Waals surface area contributed by atoms with Gasteiger partial charge in [-0.1, -0.05) is 12.1 Å². The number of rotatable bonds is 3. The van der Waals surface area contributed by atoms with Gasteiger partial charge < -0.3 is 0 Å². The van der Waals surface area contributed by atoms with Crippen molar-refractivity contribution in [1.82, 2.24) is 0 Å². The standard InChI is InChI=1S/C12H14OS/c13-12(6-7-14)11-5-4-9-2-1-3-10(9)8-11/h4-5,8,14H,1-3,6-7H2. The van der Waals surface area contributed by atoms with Crippen LogP contribution in [-0.2, 0) is 12.8 Å². The van der Waals surface area contributed by atoms with Crippen LogP contribution in [-0.4, -0.2) is 11.5 Å². The summed E-state index contributed by atoms with van der Waals surface area (Å²) in [6.45, 7) is 0. The third kappa shape index (κ3) is 1.85. The van der Waals surface area contributed by atoms with Crippen LogP contribution in [0.3, 0.4) is 0 Å². The van der Waals surface area contributed by atoms with E-state index < -0.39 is 0 Å². The molecular formula is C12H14OS. The predicted octanol–water partition coefficient (Wildman–Crippen LogP) is 2.68. The van der Waals surface area contributed by atoms with Crippen LogP contribution in [0.2, 0.25) is 0 Å². The number of hydrogen-bond donors (Lipinski definition) is 1. The molecule has 0 spiro atoms. The van der Waals surface area contributed by atoms with Crippen molar-refractivity contribution in [3.63, 3.8) is 0 Å². The van der Waals surface area contributed by atoms with Gasteiger partial charge in [-0.3, -0.25) is 4.79 Å². The van der Waals surface area contributed by atoms with E-state index in [0.717, 1.165) is 12.0 Å². The van der Waals surface area contributed by atoms with Crippen molar-refractivity contribution in [2.75, 3.05) is 5.75 Å². The summed E-state index contributed by atoms with van der Waals surface area (Å²) in [4.78, 5) is 11.6. The molecule has 1 aromatic carbocycles. The highest BCUT2D eigenvalue weighted by molar-refractivity contribution is 7.80. The number of hydrogen-bond acceptors (Lipinski definition) is 2. The molecule has 0 aromatic heterocycles. The molecule has 1 nitrogen and oxygen atoms in total. The molecule has 0 amide bonds. The fraction of sp³-hybridized carbons (Fsp3) is 0.417. The maximum absolute atomic E-state index is 11.6. The summed E-state index contributed by atoms with van der Waals surface area (Å²) in [5.41, 5.74) is 3.65. The van der Waals surface area contributed by atoms with Gasteiger partial charge in [0, 0.05) is 12.0 Å². The molecule has 1 aliphatic rings. The zero-order valence-electron chi connectivity index (χ0n) is 8.12. The lowest BCUT2D eigenvalue weighted by Crippen LogP contribution is -2.00. The van der Waals surface area contributed by atoms with Crippen LogP contribution in [0.25, 0.3) is 0 Å². The first-order valence-corrected chi connectivity index (χ1v) is 5.70. The van der Waals surface area contributed by atoms with E-state index in [1.165, 1.54) is 24.0 Å². The van der Waals surface area contributed by atoms with Crippen LogP contribution in [0, 0.1) is 0 Å². The van der Waals surface area contributed by atoms with Crippen LogP contribution in [0.5, 0.6) is 0 Å².